The highest BCUT2D eigenvalue weighted by molar-refractivity contribution is 9.10. The summed E-state index contributed by atoms with van der Waals surface area (Å²) in [7, 11) is 0. The molecular weight excluding hydrogens is 371 g/mol. The number of fused-ring (bicyclic) bond motifs is 1. The van der Waals surface area contributed by atoms with Crippen LogP contribution in [0.2, 0.25) is 0 Å². The first-order valence-electron chi connectivity index (χ1n) is 7.17. The van der Waals surface area contributed by atoms with Gasteiger partial charge in [0.05, 0.1) is 15.5 Å². The summed E-state index contributed by atoms with van der Waals surface area (Å²) in [4.78, 5) is 3.13. The van der Waals surface area contributed by atoms with Crippen molar-refractivity contribution in [2.45, 2.75) is 43.4 Å². The van der Waals surface area contributed by atoms with Crippen molar-refractivity contribution in [3.63, 3.8) is 0 Å². The number of aromatic nitrogens is 2. The lowest BCUT2D eigenvalue weighted by Crippen LogP contribution is -2.33. The van der Waals surface area contributed by atoms with Crippen LogP contribution in [0.15, 0.2) is 16.6 Å². The van der Waals surface area contributed by atoms with E-state index in [1.165, 1.54) is 38.2 Å². The molecule has 0 spiro atoms. The van der Waals surface area contributed by atoms with Gasteiger partial charge in [0.1, 0.15) is 5.82 Å². The third-order valence-corrected chi connectivity index (χ3v) is 6.79. The zero-order chi connectivity index (χ0) is 15.0. The number of rotatable bonds is 3. The molecule has 1 aromatic heterocycles. The van der Waals surface area contributed by atoms with Crippen molar-refractivity contribution in [3.05, 3.63) is 27.2 Å². The number of nitrogens with one attached hydrogen (secondary N) is 1. The SMILES string of the molecule is CSC1(Cn2c(=S)[nH]c3cc(F)c(Br)cc32)CCCCC1. The van der Waals surface area contributed by atoms with E-state index in [-0.39, 0.29) is 10.6 Å². The molecule has 114 valence electrons. The van der Waals surface area contributed by atoms with Gasteiger partial charge in [-0.2, -0.15) is 11.8 Å². The highest BCUT2D eigenvalue weighted by Crippen LogP contribution is 2.40. The fraction of sp³-hybridized carbons (Fsp3) is 0.533. The van der Waals surface area contributed by atoms with Crippen molar-refractivity contribution >= 4 is 50.9 Å². The summed E-state index contributed by atoms with van der Waals surface area (Å²) in [6.07, 6.45) is 8.55. The van der Waals surface area contributed by atoms with Crippen LogP contribution in [0.5, 0.6) is 0 Å². The van der Waals surface area contributed by atoms with Crippen molar-refractivity contribution in [2.75, 3.05) is 6.26 Å². The molecule has 2 nitrogen and oxygen atoms in total. The van der Waals surface area contributed by atoms with Crippen LogP contribution in [-0.2, 0) is 6.54 Å². The Morgan fingerprint density at radius 1 is 1.38 bits per heavy atom. The van der Waals surface area contributed by atoms with Gasteiger partial charge in [-0.25, -0.2) is 4.39 Å². The Morgan fingerprint density at radius 3 is 2.76 bits per heavy atom. The molecule has 0 atom stereocenters. The summed E-state index contributed by atoms with van der Waals surface area (Å²) in [5.41, 5.74) is 1.75. The van der Waals surface area contributed by atoms with Crippen LogP contribution < -0.4 is 0 Å². The summed E-state index contributed by atoms with van der Waals surface area (Å²) in [5.74, 6) is -0.261. The zero-order valence-corrected chi connectivity index (χ0v) is 15.1. The lowest BCUT2D eigenvalue weighted by molar-refractivity contribution is 0.360. The van der Waals surface area contributed by atoms with E-state index in [0.29, 0.717) is 9.24 Å². The van der Waals surface area contributed by atoms with Crippen LogP contribution in [0.3, 0.4) is 0 Å². The molecule has 1 aliphatic rings. The number of nitrogens with zero attached hydrogens (tertiary/aromatic N) is 1. The average molecular weight is 389 g/mol. The second-order valence-electron chi connectivity index (χ2n) is 5.75. The molecule has 3 rings (SSSR count). The van der Waals surface area contributed by atoms with Gasteiger partial charge in [0.15, 0.2) is 4.77 Å². The van der Waals surface area contributed by atoms with Gasteiger partial charge in [0.25, 0.3) is 0 Å². The molecule has 0 saturated heterocycles. The minimum absolute atomic E-state index is 0.256. The second-order valence-corrected chi connectivity index (χ2v) is 8.26. The first-order chi connectivity index (χ1) is 10.0. The van der Waals surface area contributed by atoms with E-state index in [1.807, 2.05) is 17.8 Å². The average Bonchev–Trinajstić information content (AvgIpc) is 2.76. The first-order valence-corrected chi connectivity index (χ1v) is 9.60. The Kier molecular flexibility index (Phi) is 4.48. The van der Waals surface area contributed by atoms with Crippen LogP contribution >= 0.6 is 39.9 Å². The minimum Gasteiger partial charge on any atom is -0.330 e. The number of benzene rings is 1. The number of hydrogen-bond donors (Lipinski definition) is 1. The Bertz CT molecular complexity index is 716. The topological polar surface area (TPSA) is 20.7 Å². The van der Waals surface area contributed by atoms with E-state index >= 15 is 0 Å². The Morgan fingerprint density at radius 2 is 2.10 bits per heavy atom. The van der Waals surface area contributed by atoms with Crippen LogP contribution in [0, 0.1) is 10.6 Å². The predicted octanol–water partition coefficient (Wildman–Crippen LogP) is 5.67. The molecule has 0 bridgehead atoms. The molecule has 1 N–H and O–H groups in total. The Labute approximate surface area is 141 Å². The third-order valence-electron chi connectivity index (χ3n) is 4.46. The van der Waals surface area contributed by atoms with Gasteiger partial charge in [-0.1, -0.05) is 19.3 Å². The molecule has 0 amide bonds. The summed E-state index contributed by atoms with van der Waals surface area (Å²) < 4.78 is 17.2. The smallest absolute Gasteiger partial charge is 0.178 e. The molecule has 6 heteroatoms. The van der Waals surface area contributed by atoms with Gasteiger partial charge in [0, 0.05) is 17.4 Å². The molecule has 1 aliphatic carbocycles. The zero-order valence-electron chi connectivity index (χ0n) is 11.9. The minimum atomic E-state index is -0.261. The molecular formula is C15H18BrFN2S2. The predicted molar refractivity (Wildman–Crippen MR) is 94.1 cm³/mol. The van der Waals surface area contributed by atoms with Gasteiger partial charge in [-0.15, -0.1) is 0 Å². The standard InChI is InChI=1S/C15H18BrFN2S2/c1-21-15(5-3-2-4-6-15)9-19-13-7-10(16)11(17)8-12(13)18-14(19)20/h7-8H,2-6,9H2,1H3,(H,18,20). The molecule has 1 fully saturated rings. The second kappa shape index (κ2) is 6.05. The van der Waals surface area contributed by atoms with Crippen molar-refractivity contribution in [1.29, 1.82) is 0 Å². The van der Waals surface area contributed by atoms with Crippen molar-refractivity contribution in [1.82, 2.24) is 9.55 Å². The quantitative estimate of drug-likeness (QED) is 0.683. The fourth-order valence-electron chi connectivity index (χ4n) is 3.22. The number of imidazole rings is 1. The van der Waals surface area contributed by atoms with Crippen LogP contribution in [0.4, 0.5) is 4.39 Å². The largest absolute Gasteiger partial charge is 0.330 e. The lowest BCUT2D eigenvalue weighted by atomic mass is 9.88. The highest BCUT2D eigenvalue weighted by Gasteiger charge is 2.32. The molecule has 1 heterocycles. The van der Waals surface area contributed by atoms with E-state index in [4.69, 9.17) is 12.2 Å². The maximum absolute atomic E-state index is 13.7. The molecule has 2 aromatic rings. The fourth-order valence-corrected chi connectivity index (χ4v) is 4.78. The van der Waals surface area contributed by atoms with Crippen molar-refractivity contribution in [3.8, 4) is 0 Å². The summed E-state index contributed by atoms with van der Waals surface area (Å²) in [6, 6.07) is 3.34. The van der Waals surface area contributed by atoms with E-state index in [0.717, 1.165) is 17.6 Å². The van der Waals surface area contributed by atoms with E-state index in [9.17, 15) is 4.39 Å². The number of aromatic amines is 1. The van der Waals surface area contributed by atoms with E-state index < -0.39 is 0 Å². The Hall–Kier alpha value is -0.330. The molecule has 21 heavy (non-hydrogen) atoms. The van der Waals surface area contributed by atoms with Crippen molar-refractivity contribution in [2.24, 2.45) is 0 Å². The molecule has 0 unspecified atom stereocenters. The van der Waals surface area contributed by atoms with E-state index in [1.54, 1.807) is 0 Å². The number of thioether (sulfide) groups is 1. The van der Waals surface area contributed by atoms with Gasteiger partial charge < -0.3 is 9.55 Å². The van der Waals surface area contributed by atoms with Gasteiger partial charge >= 0.3 is 0 Å². The van der Waals surface area contributed by atoms with Crippen LogP contribution in [0.25, 0.3) is 11.0 Å². The Balaban J connectivity index is 2.05. The summed E-state index contributed by atoms with van der Waals surface area (Å²) in [5, 5.41) is 0. The van der Waals surface area contributed by atoms with Gasteiger partial charge in [-0.3, -0.25) is 0 Å². The third kappa shape index (κ3) is 2.94. The number of H-pyrrole nitrogens is 1. The highest BCUT2D eigenvalue weighted by atomic mass is 79.9. The summed E-state index contributed by atoms with van der Waals surface area (Å²) >= 11 is 10.7. The van der Waals surface area contributed by atoms with Crippen LogP contribution in [-0.4, -0.2) is 20.6 Å². The normalized spacial score (nSPS) is 18.2. The molecule has 0 aliphatic heterocycles. The van der Waals surface area contributed by atoms with Gasteiger partial charge in [0.2, 0.25) is 0 Å². The first kappa shape index (κ1) is 15.6. The molecule has 1 saturated carbocycles. The maximum atomic E-state index is 13.7. The van der Waals surface area contributed by atoms with Crippen LogP contribution in [0.1, 0.15) is 32.1 Å². The van der Waals surface area contributed by atoms with E-state index in [2.05, 4.69) is 31.7 Å². The monoisotopic (exact) mass is 388 g/mol. The lowest BCUT2D eigenvalue weighted by Gasteiger charge is -2.36. The van der Waals surface area contributed by atoms with Gasteiger partial charge in [-0.05, 0) is 53.3 Å². The molecule has 0 radical (unpaired) electrons. The maximum Gasteiger partial charge on any atom is 0.178 e. The van der Waals surface area contributed by atoms with Crippen molar-refractivity contribution < 1.29 is 4.39 Å². The summed E-state index contributed by atoms with van der Waals surface area (Å²) in [6.45, 7) is 0.894. The number of hydrogen-bond acceptors (Lipinski definition) is 2. The number of halogens is 2. The molecule has 1 aromatic carbocycles.